The maximum atomic E-state index is 5.98. The Hall–Kier alpha value is -0.280. The van der Waals surface area contributed by atoms with Gasteiger partial charge in [-0.25, -0.2) is 0 Å². The number of likely N-dealkylation sites (N-methyl/N-ethyl adjacent to an activating group) is 2. The first-order chi connectivity index (χ1) is 8.13. The zero-order chi connectivity index (χ0) is 12.7. The minimum absolute atomic E-state index is 0.621. The standard InChI is InChI=1S/C13H20Cl2N2/c1-3-16-7-9-17(2)8-6-11-4-5-12(14)13(15)10-11/h4-5,10,16H,3,6-9H2,1-2H3. The van der Waals surface area contributed by atoms with Crippen LogP contribution in [0.1, 0.15) is 12.5 Å². The lowest BCUT2D eigenvalue weighted by atomic mass is 10.1. The molecule has 0 spiro atoms. The van der Waals surface area contributed by atoms with E-state index in [1.807, 2.05) is 18.2 Å². The number of halogens is 2. The Morgan fingerprint density at radius 1 is 1.18 bits per heavy atom. The van der Waals surface area contributed by atoms with Gasteiger partial charge in [0.25, 0.3) is 0 Å². The SMILES string of the molecule is CCNCCN(C)CCc1ccc(Cl)c(Cl)c1. The molecule has 0 amide bonds. The fourth-order valence-corrected chi connectivity index (χ4v) is 1.89. The Balaban J connectivity index is 2.31. The highest BCUT2D eigenvalue weighted by Gasteiger charge is 2.02. The van der Waals surface area contributed by atoms with Crippen molar-refractivity contribution in [3.8, 4) is 0 Å². The molecule has 0 radical (unpaired) electrons. The molecule has 0 heterocycles. The summed E-state index contributed by atoms with van der Waals surface area (Å²) in [5, 5.41) is 4.57. The second-order valence-corrected chi connectivity index (χ2v) is 4.97. The van der Waals surface area contributed by atoms with E-state index in [0.717, 1.165) is 32.6 Å². The van der Waals surface area contributed by atoms with Gasteiger partial charge in [-0.15, -0.1) is 0 Å². The maximum absolute atomic E-state index is 5.98. The first-order valence-corrected chi connectivity index (χ1v) is 6.72. The maximum Gasteiger partial charge on any atom is 0.0595 e. The second-order valence-electron chi connectivity index (χ2n) is 4.16. The summed E-state index contributed by atoms with van der Waals surface area (Å²) in [6.07, 6.45) is 1.000. The van der Waals surface area contributed by atoms with Crippen LogP contribution < -0.4 is 5.32 Å². The smallest absolute Gasteiger partial charge is 0.0595 e. The molecule has 0 bridgehead atoms. The van der Waals surface area contributed by atoms with Crippen molar-refractivity contribution in [3.05, 3.63) is 33.8 Å². The van der Waals surface area contributed by atoms with Gasteiger partial charge in [-0.2, -0.15) is 0 Å². The summed E-state index contributed by atoms with van der Waals surface area (Å²) < 4.78 is 0. The molecule has 0 fully saturated rings. The first kappa shape index (κ1) is 14.8. The minimum atomic E-state index is 0.621. The van der Waals surface area contributed by atoms with Crippen LogP contribution in [0, 0.1) is 0 Å². The predicted molar refractivity (Wildman–Crippen MR) is 76.2 cm³/mol. The van der Waals surface area contributed by atoms with E-state index in [2.05, 4.69) is 24.2 Å². The van der Waals surface area contributed by atoms with Crippen LogP contribution in [0.15, 0.2) is 18.2 Å². The number of hydrogen-bond donors (Lipinski definition) is 1. The van der Waals surface area contributed by atoms with Crippen molar-refractivity contribution in [3.63, 3.8) is 0 Å². The molecule has 2 nitrogen and oxygen atoms in total. The molecule has 1 rings (SSSR count). The summed E-state index contributed by atoms with van der Waals surface area (Å²) in [5.41, 5.74) is 1.23. The monoisotopic (exact) mass is 274 g/mol. The average Bonchev–Trinajstić information content (AvgIpc) is 2.31. The van der Waals surface area contributed by atoms with Gasteiger partial charge in [0.15, 0.2) is 0 Å². The Morgan fingerprint density at radius 3 is 2.59 bits per heavy atom. The molecule has 4 heteroatoms. The Morgan fingerprint density at radius 2 is 1.94 bits per heavy atom. The van der Waals surface area contributed by atoms with Gasteiger partial charge in [0.1, 0.15) is 0 Å². The number of hydrogen-bond acceptors (Lipinski definition) is 2. The van der Waals surface area contributed by atoms with Crippen molar-refractivity contribution in [2.24, 2.45) is 0 Å². The number of nitrogens with zero attached hydrogens (tertiary/aromatic N) is 1. The van der Waals surface area contributed by atoms with E-state index >= 15 is 0 Å². The molecule has 0 saturated carbocycles. The Bertz CT molecular complexity index is 342. The summed E-state index contributed by atoms with van der Waals surface area (Å²) >= 11 is 11.9. The van der Waals surface area contributed by atoms with Crippen molar-refractivity contribution < 1.29 is 0 Å². The normalized spacial score (nSPS) is 11.1. The summed E-state index contributed by atoms with van der Waals surface area (Å²) in [6.45, 7) is 6.28. The van der Waals surface area contributed by atoms with Crippen molar-refractivity contribution in [2.45, 2.75) is 13.3 Å². The van der Waals surface area contributed by atoms with Gasteiger partial charge in [-0.05, 0) is 37.7 Å². The van der Waals surface area contributed by atoms with Crippen LogP contribution in [0.4, 0.5) is 0 Å². The molecule has 0 atom stereocenters. The highest BCUT2D eigenvalue weighted by molar-refractivity contribution is 6.42. The van der Waals surface area contributed by atoms with Gasteiger partial charge in [0, 0.05) is 19.6 Å². The van der Waals surface area contributed by atoms with Crippen molar-refractivity contribution in [1.29, 1.82) is 0 Å². The molecule has 1 N–H and O–H groups in total. The van der Waals surface area contributed by atoms with E-state index in [0.29, 0.717) is 10.0 Å². The zero-order valence-electron chi connectivity index (χ0n) is 10.5. The van der Waals surface area contributed by atoms with Crippen molar-refractivity contribution in [2.75, 3.05) is 33.2 Å². The summed E-state index contributed by atoms with van der Waals surface area (Å²) in [4.78, 5) is 2.31. The molecule has 0 saturated heterocycles. The number of rotatable bonds is 7. The van der Waals surface area contributed by atoms with Crippen LogP contribution in [-0.4, -0.2) is 38.1 Å². The fraction of sp³-hybridized carbons (Fsp3) is 0.538. The molecule has 1 aromatic rings. The molecule has 0 aliphatic heterocycles. The third-order valence-electron chi connectivity index (χ3n) is 2.69. The second kappa shape index (κ2) is 7.93. The number of benzene rings is 1. The molecular weight excluding hydrogens is 255 g/mol. The van der Waals surface area contributed by atoms with Crippen LogP contribution in [0.2, 0.25) is 10.0 Å². The van der Waals surface area contributed by atoms with E-state index in [4.69, 9.17) is 23.2 Å². The Kier molecular flexibility index (Phi) is 6.90. The summed E-state index contributed by atoms with van der Waals surface area (Å²) in [5.74, 6) is 0. The third kappa shape index (κ3) is 5.73. The molecule has 0 aromatic heterocycles. The number of nitrogens with one attached hydrogen (secondary N) is 1. The minimum Gasteiger partial charge on any atom is -0.316 e. The first-order valence-electron chi connectivity index (χ1n) is 5.96. The zero-order valence-corrected chi connectivity index (χ0v) is 12.0. The highest BCUT2D eigenvalue weighted by atomic mass is 35.5. The lowest BCUT2D eigenvalue weighted by molar-refractivity contribution is 0.337. The fourth-order valence-electron chi connectivity index (χ4n) is 1.57. The highest BCUT2D eigenvalue weighted by Crippen LogP contribution is 2.22. The van der Waals surface area contributed by atoms with Gasteiger partial charge in [-0.1, -0.05) is 36.2 Å². The molecular formula is C13H20Cl2N2. The quantitative estimate of drug-likeness (QED) is 0.769. The molecule has 0 aliphatic carbocycles. The van der Waals surface area contributed by atoms with Gasteiger partial charge in [0.05, 0.1) is 10.0 Å². The predicted octanol–water partition coefficient (Wildman–Crippen LogP) is 3.08. The van der Waals surface area contributed by atoms with Gasteiger partial charge < -0.3 is 10.2 Å². The lowest BCUT2D eigenvalue weighted by Gasteiger charge is -2.16. The molecule has 1 aromatic carbocycles. The third-order valence-corrected chi connectivity index (χ3v) is 3.43. The van der Waals surface area contributed by atoms with Gasteiger partial charge >= 0.3 is 0 Å². The van der Waals surface area contributed by atoms with Crippen LogP contribution in [0.5, 0.6) is 0 Å². The van der Waals surface area contributed by atoms with E-state index in [1.165, 1.54) is 5.56 Å². The van der Waals surface area contributed by atoms with E-state index in [1.54, 1.807) is 0 Å². The molecule has 0 aliphatic rings. The molecule has 96 valence electrons. The molecule has 17 heavy (non-hydrogen) atoms. The largest absolute Gasteiger partial charge is 0.316 e. The average molecular weight is 275 g/mol. The van der Waals surface area contributed by atoms with Crippen LogP contribution in [0.25, 0.3) is 0 Å². The summed E-state index contributed by atoms with van der Waals surface area (Å²) in [7, 11) is 2.13. The topological polar surface area (TPSA) is 15.3 Å². The lowest BCUT2D eigenvalue weighted by Crippen LogP contribution is -2.30. The van der Waals surface area contributed by atoms with Crippen LogP contribution >= 0.6 is 23.2 Å². The van der Waals surface area contributed by atoms with Gasteiger partial charge in [0.2, 0.25) is 0 Å². The van der Waals surface area contributed by atoms with E-state index in [-0.39, 0.29) is 0 Å². The Labute approximate surface area is 114 Å². The van der Waals surface area contributed by atoms with E-state index in [9.17, 15) is 0 Å². The van der Waals surface area contributed by atoms with Crippen LogP contribution in [0.3, 0.4) is 0 Å². The van der Waals surface area contributed by atoms with Crippen LogP contribution in [-0.2, 0) is 6.42 Å². The summed E-state index contributed by atoms with van der Waals surface area (Å²) in [6, 6.07) is 5.84. The van der Waals surface area contributed by atoms with Crippen molar-refractivity contribution >= 4 is 23.2 Å². The molecule has 0 unspecified atom stereocenters. The van der Waals surface area contributed by atoms with Crippen molar-refractivity contribution in [1.82, 2.24) is 10.2 Å². The van der Waals surface area contributed by atoms with Gasteiger partial charge in [-0.3, -0.25) is 0 Å². The van der Waals surface area contributed by atoms with E-state index < -0.39 is 0 Å².